The topological polar surface area (TPSA) is 73.9 Å². The van der Waals surface area contributed by atoms with Gasteiger partial charge in [0.2, 0.25) is 5.82 Å². The standard InChI is InChI=1S/C14H27N5O/c1-7-10(2)19(6)9-8-15-12(20)11-16-13(18-17-11)14(3,4)5/h10H,7-9H2,1-6H3,(H,15,20)(H,16,17,18). The summed E-state index contributed by atoms with van der Waals surface area (Å²) in [4.78, 5) is 18.4. The molecule has 0 aromatic carbocycles. The lowest BCUT2D eigenvalue weighted by atomic mass is 9.96. The van der Waals surface area contributed by atoms with Crippen molar-refractivity contribution >= 4 is 5.91 Å². The lowest BCUT2D eigenvalue weighted by Crippen LogP contribution is -2.37. The average Bonchev–Trinajstić information content (AvgIpc) is 2.86. The molecule has 1 unspecified atom stereocenters. The van der Waals surface area contributed by atoms with E-state index in [0.717, 1.165) is 18.8 Å². The molecule has 0 spiro atoms. The molecule has 0 aliphatic heterocycles. The minimum Gasteiger partial charge on any atom is -0.348 e. The molecule has 0 fully saturated rings. The first-order valence-electron chi connectivity index (χ1n) is 7.17. The number of amides is 1. The molecule has 0 saturated heterocycles. The fraction of sp³-hybridized carbons (Fsp3) is 0.786. The van der Waals surface area contributed by atoms with E-state index in [0.29, 0.717) is 12.6 Å². The number of hydrogen-bond donors (Lipinski definition) is 2. The Hall–Kier alpha value is -1.43. The smallest absolute Gasteiger partial charge is 0.291 e. The van der Waals surface area contributed by atoms with Gasteiger partial charge in [-0.1, -0.05) is 27.7 Å². The van der Waals surface area contributed by atoms with Crippen LogP contribution in [0.2, 0.25) is 0 Å². The molecular weight excluding hydrogens is 254 g/mol. The van der Waals surface area contributed by atoms with E-state index in [4.69, 9.17) is 0 Å². The Bertz CT molecular complexity index is 435. The van der Waals surface area contributed by atoms with E-state index >= 15 is 0 Å². The van der Waals surface area contributed by atoms with Crippen molar-refractivity contribution in [3.8, 4) is 0 Å². The van der Waals surface area contributed by atoms with Gasteiger partial charge in [-0.25, -0.2) is 4.98 Å². The van der Waals surface area contributed by atoms with Crippen molar-refractivity contribution in [2.45, 2.75) is 52.5 Å². The van der Waals surface area contributed by atoms with Gasteiger partial charge in [0, 0.05) is 24.5 Å². The highest BCUT2D eigenvalue weighted by molar-refractivity contribution is 5.90. The third-order valence-corrected chi connectivity index (χ3v) is 3.49. The van der Waals surface area contributed by atoms with Gasteiger partial charge in [0.05, 0.1) is 0 Å². The number of aromatic nitrogens is 3. The van der Waals surface area contributed by atoms with Gasteiger partial charge in [0.1, 0.15) is 5.82 Å². The Labute approximate surface area is 121 Å². The molecule has 1 atom stereocenters. The van der Waals surface area contributed by atoms with Crippen LogP contribution < -0.4 is 5.32 Å². The van der Waals surface area contributed by atoms with Crippen molar-refractivity contribution in [2.24, 2.45) is 0 Å². The van der Waals surface area contributed by atoms with Crippen LogP contribution in [0.15, 0.2) is 0 Å². The number of nitrogens with one attached hydrogen (secondary N) is 2. The number of H-pyrrole nitrogens is 1. The Kier molecular flexibility index (Phi) is 5.68. The van der Waals surface area contributed by atoms with E-state index in [9.17, 15) is 4.79 Å². The van der Waals surface area contributed by atoms with E-state index in [1.807, 2.05) is 20.8 Å². The summed E-state index contributed by atoms with van der Waals surface area (Å²) in [6, 6.07) is 0.517. The molecule has 0 bridgehead atoms. The largest absolute Gasteiger partial charge is 0.348 e. The number of rotatable bonds is 6. The van der Waals surface area contributed by atoms with Gasteiger partial charge in [-0.3, -0.25) is 9.89 Å². The quantitative estimate of drug-likeness (QED) is 0.830. The van der Waals surface area contributed by atoms with Crippen LogP contribution in [-0.2, 0) is 5.41 Å². The second kappa shape index (κ2) is 6.83. The number of aromatic amines is 1. The summed E-state index contributed by atoms with van der Waals surface area (Å²) in [6.07, 6.45) is 1.10. The van der Waals surface area contributed by atoms with Crippen molar-refractivity contribution in [1.29, 1.82) is 0 Å². The fourth-order valence-corrected chi connectivity index (χ4v) is 1.66. The first kappa shape index (κ1) is 16.6. The Morgan fingerprint density at radius 3 is 2.60 bits per heavy atom. The minimum atomic E-state index is -0.227. The van der Waals surface area contributed by atoms with Crippen LogP contribution in [0.1, 0.15) is 57.5 Å². The molecule has 0 saturated carbocycles. The molecule has 20 heavy (non-hydrogen) atoms. The van der Waals surface area contributed by atoms with Gasteiger partial charge in [-0.05, 0) is 20.4 Å². The summed E-state index contributed by atoms with van der Waals surface area (Å²) in [5.74, 6) is 0.704. The van der Waals surface area contributed by atoms with Crippen molar-refractivity contribution in [3.05, 3.63) is 11.6 Å². The maximum Gasteiger partial charge on any atom is 0.291 e. The first-order valence-corrected chi connectivity index (χ1v) is 7.17. The zero-order chi connectivity index (χ0) is 15.3. The summed E-state index contributed by atoms with van der Waals surface area (Å²) in [6.45, 7) is 11.8. The number of nitrogens with zero attached hydrogens (tertiary/aromatic N) is 3. The van der Waals surface area contributed by atoms with Crippen molar-refractivity contribution in [2.75, 3.05) is 20.1 Å². The van der Waals surface area contributed by atoms with Crippen LogP contribution in [0.4, 0.5) is 0 Å². The molecule has 114 valence electrons. The number of likely N-dealkylation sites (N-methyl/N-ethyl adjacent to an activating group) is 1. The number of carbonyl (C=O) groups excluding carboxylic acids is 1. The highest BCUT2D eigenvalue weighted by Crippen LogP contribution is 2.17. The molecule has 2 N–H and O–H groups in total. The summed E-state index contributed by atoms with van der Waals surface area (Å²) >= 11 is 0. The van der Waals surface area contributed by atoms with Gasteiger partial charge in [0.25, 0.3) is 5.91 Å². The predicted molar refractivity (Wildman–Crippen MR) is 79.8 cm³/mol. The number of hydrogen-bond acceptors (Lipinski definition) is 4. The summed E-state index contributed by atoms with van der Waals surface area (Å²) < 4.78 is 0. The third kappa shape index (κ3) is 4.59. The molecule has 1 aromatic rings. The zero-order valence-electron chi connectivity index (χ0n) is 13.4. The van der Waals surface area contributed by atoms with Crippen molar-refractivity contribution < 1.29 is 4.79 Å². The molecule has 1 aromatic heterocycles. The molecular formula is C14H27N5O. The molecule has 1 amide bonds. The molecule has 1 heterocycles. The third-order valence-electron chi connectivity index (χ3n) is 3.49. The lowest BCUT2D eigenvalue weighted by molar-refractivity contribution is 0.0937. The van der Waals surface area contributed by atoms with Gasteiger partial charge >= 0.3 is 0 Å². The highest BCUT2D eigenvalue weighted by atomic mass is 16.2. The molecule has 0 aliphatic rings. The fourth-order valence-electron chi connectivity index (χ4n) is 1.66. The second-order valence-corrected chi connectivity index (χ2v) is 6.25. The molecule has 6 nitrogen and oxygen atoms in total. The maximum atomic E-state index is 11.9. The second-order valence-electron chi connectivity index (χ2n) is 6.25. The molecule has 0 aliphatic carbocycles. The normalized spacial score (nSPS) is 13.6. The van der Waals surface area contributed by atoms with Crippen LogP contribution in [0.3, 0.4) is 0 Å². The van der Waals surface area contributed by atoms with E-state index in [1.165, 1.54) is 0 Å². The number of carbonyl (C=O) groups is 1. The van der Waals surface area contributed by atoms with Crippen LogP contribution >= 0.6 is 0 Å². The summed E-state index contributed by atoms with van der Waals surface area (Å²) in [5, 5.41) is 9.64. The molecule has 6 heteroatoms. The molecule has 1 rings (SSSR count). The van der Waals surface area contributed by atoms with Crippen LogP contribution in [0.25, 0.3) is 0 Å². The van der Waals surface area contributed by atoms with Gasteiger partial charge in [-0.2, -0.15) is 0 Å². The SMILES string of the molecule is CCC(C)N(C)CCNC(=O)c1n[nH]c(C(C)(C)C)n1. The summed E-state index contributed by atoms with van der Waals surface area (Å²) in [5.41, 5.74) is -0.137. The Morgan fingerprint density at radius 1 is 1.45 bits per heavy atom. The van der Waals surface area contributed by atoms with E-state index < -0.39 is 0 Å². The zero-order valence-corrected chi connectivity index (χ0v) is 13.4. The first-order chi connectivity index (χ1) is 9.25. The average molecular weight is 281 g/mol. The Balaban J connectivity index is 2.46. The molecule has 0 radical (unpaired) electrons. The van der Waals surface area contributed by atoms with Gasteiger partial charge < -0.3 is 10.2 Å². The minimum absolute atomic E-state index is 0.137. The van der Waals surface area contributed by atoms with Crippen LogP contribution in [0.5, 0.6) is 0 Å². The van der Waals surface area contributed by atoms with Crippen molar-refractivity contribution in [3.63, 3.8) is 0 Å². The van der Waals surface area contributed by atoms with Crippen molar-refractivity contribution in [1.82, 2.24) is 25.4 Å². The maximum absolute atomic E-state index is 11.9. The van der Waals surface area contributed by atoms with E-state index in [1.54, 1.807) is 0 Å². The van der Waals surface area contributed by atoms with Gasteiger partial charge in [0.15, 0.2) is 0 Å². The lowest BCUT2D eigenvalue weighted by Gasteiger charge is -2.23. The van der Waals surface area contributed by atoms with Gasteiger partial charge in [-0.15, -0.1) is 5.10 Å². The van der Waals surface area contributed by atoms with Crippen LogP contribution in [-0.4, -0.2) is 52.2 Å². The van der Waals surface area contributed by atoms with Crippen LogP contribution in [0, 0.1) is 0 Å². The summed E-state index contributed by atoms with van der Waals surface area (Å²) in [7, 11) is 2.06. The highest BCUT2D eigenvalue weighted by Gasteiger charge is 2.21. The van der Waals surface area contributed by atoms with E-state index in [-0.39, 0.29) is 17.1 Å². The predicted octanol–water partition coefficient (Wildman–Crippen LogP) is 1.56. The monoisotopic (exact) mass is 281 g/mol. The van der Waals surface area contributed by atoms with E-state index in [2.05, 4.69) is 46.3 Å². The Morgan fingerprint density at radius 2 is 2.10 bits per heavy atom.